The maximum Gasteiger partial charge on any atom is 0.411 e. The number of amides is 2. The van der Waals surface area contributed by atoms with Crippen LogP contribution in [0.3, 0.4) is 0 Å². The van der Waals surface area contributed by atoms with Gasteiger partial charge in [-0.25, -0.2) is 9.59 Å². The average molecular weight is 296 g/mol. The fourth-order valence-corrected chi connectivity index (χ4v) is 2.11. The minimum atomic E-state index is -4.46. The van der Waals surface area contributed by atoms with E-state index in [1.807, 2.05) is 5.32 Å². The summed E-state index contributed by atoms with van der Waals surface area (Å²) >= 11 is 0. The van der Waals surface area contributed by atoms with Gasteiger partial charge in [-0.3, -0.25) is 0 Å². The zero-order valence-electron chi connectivity index (χ0n) is 10.5. The number of hydrogen-bond acceptors (Lipinski definition) is 3. The summed E-state index contributed by atoms with van der Waals surface area (Å²) in [5.74, 6) is -1.08. The van der Waals surface area contributed by atoms with E-state index in [1.165, 1.54) is 0 Å². The molecule has 0 radical (unpaired) electrons. The van der Waals surface area contributed by atoms with Crippen LogP contribution in [0.2, 0.25) is 0 Å². The van der Waals surface area contributed by atoms with Gasteiger partial charge in [-0.05, 0) is 25.7 Å². The number of nitrogens with one attached hydrogen (secondary N) is 2. The lowest BCUT2D eigenvalue weighted by Gasteiger charge is -2.21. The van der Waals surface area contributed by atoms with E-state index < -0.39 is 35.9 Å². The molecule has 1 saturated heterocycles. The minimum absolute atomic E-state index is 0.0104. The minimum Gasteiger partial charge on any atom is -0.479 e. The molecule has 2 aliphatic rings. The number of carboxylic acids is 1. The van der Waals surface area contributed by atoms with Gasteiger partial charge in [0.15, 0.2) is 6.10 Å². The lowest BCUT2D eigenvalue weighted by Crippen LogP contribution is -2.52. The molecule has 0 bridgehead atoms. The highest BCUT2D eigenvalue weighted by atomic mass is 19.4. The number of hydrogen-bond donors (Lipinski definition) is 3. The second kappa shape index (κ2) is 5.12. The molecule has 9 heteroatoms. The Kier molecular flexibility index (Phi) is 3.81. The monoisotopic (exact) mass is 296 g/mol. The van der Waals surface area contributed by atoms with Crippen LogP contribution < -0.4 is 10.6 Å². The Labute approximate surface area is 112 Å². The van der Waals surface area contributed by atoms with Crippen molar-refractivity contribution in [1.29, 1.82) is 0 Å². The maximum absolute atomic E-state index is 12.6. The molecule has 2 atom stereocenters. The quantitative estimate of drug-likeness (QED) is 0.722. The first-order valence-corrected chi connectivity index (χ1v) is 6.24. The van der Waals surface area contributed by atoms with Crippen molar-refractivity contribution in [3.8, 4) is 0 Å². The Hall–Kier alpha value is -1.51. The molecule has 114 valence electrons. The van der Waals surface area contributed by atoms with Crippen molar-refractivity contribution in [2.24, 2.45) is 0 Å². The van der Waals surface area contributed by atoms with Crippen LogP contribution in [0.4, 0.5) is 18.0 Å². The van der Waals surface area contributed by atoms with E-state index in [-0.39, 0.29) is 19.4 Å². The molecule has 2 rings (SSSR count). The number of carbonyl (C=O) groups excluding carboxylic acids is 1. The lowest BCUT2D eigenvalue weighted by molar-refractivity contribution is -0.162. The number of rotatable bonds is 4. The van der Waals surface area contributed by atoms with Gasteiger partial charge in [0, 0.05) is 6.54 Å². The molecule has 0 aromatic heterocycles. The van der Waals surface area contributed by atoms with Crippen molar-refractivity contribution < 1.29 is 32.6 Å². The van der Waals surface area contributed by atoms with E-state index in [2.05, 4.69) is 5.32 Å². The van der Waals surface area contributed by atoms with Crippen molar-refractivity contribution in [2.75, 3.05) is 6.54 Å². The molecule has 0 aromatic carbocycles. The normalized spacial score (nSPS) is 27.9. The van der Waals surface area contributed by atoms with Crippen LogP contribution >= 0.6 is 0 Å². The average Bonchev–Trinajstić information content (AvgIpc) is 2.96. The van der Waals surface area contributed by atoms with Crippen LogP contribution in [0, 0.1) is 0 Å². The van der Waals surface area contributed by atoms with Crippen LogP contribution in [-0.4, -0.2) is 47.6 Å². The fourth-order valence-electron chi connectivity index (χ4n) is 2.11. The van der Waals surface area contributed by atoms with Crippen LogP contribution in [0.5, 0.6) is 0 Å². The van der Waals surface area contributed by atoms with Gasteiger partial charge in [-0.15, -0.1) is 0 Å². The maximum atomic E-state index is 12.6. The lowest BCUT2D eigenvalue weighted by atomic mass is 10.2. The molecule has 2 amide bonds. The van der Waals surface area contributed by atoms with Crippen molar-refractivity contribution in [2.45, 2.75) is 49.6 Å². The first kappa shape index (κ1) is 14.9. The number of urea groups is 1. The molecule has 3 N–H and O–H groups in total. The summed E-state index contributed by atoms with van der Waals surface area (Å²) in [5.41, 5.74) is -2.10. The van der Waals surface area contributed by atoms with E-state index in [0.717, 1.165) is 0 Å². The van der Waals surface area contributed by atoms with Gasteiger partial charge in [0.25, 0.3) is 0 Å². The summed E-state index contributed by atoms with van der Waals surface area (Å²) in [6.45, 7) is -0.0104. The number of ether oxygens (including phenoxy) is 1. The molecule has 20 heavy (non-hydrogen) atoms. The second-order valence-corrected chi connectivity index (χ2v) is 5.08. The molecule has 0 spiro atoms. The molecule has 0 aromatic rings. The van der Waals surface area contributed by atoms with Gasteiger partial charge < -0.3 is 20.5 Å². The van der Waals surface area contributed by atoms with Gasteiger partial charge >= 0.3 is 18.2 Å². The Morgan fingerprint density at radius 2 is 1.95 bits per heavy atom. The van der Waals surface area contributed by atoms with Gasteiger partial charge in [0.2, 0.25) is 0 Å². The van der Waals surface area contributed by atoms with Crippen LogP contribution in [0.25, 0.3) is 0 Å². The first-order chi connectivity index (χ1) is 9.23. The molecule has 1 saturated carbocycles. The highest BCUT2D eigenvalue weighted by molar-refractivity contribution is 5.75. The fraction of sp³-hybridized carbons (Fsp3) is 0.818. The smallest absolute Gasteiger partial charge is 0.411 e. The summed E-state index contributed by atoms with van der Waals surface area (Å²) in [6.07, 6.45) is -5.31. The molecule has 1 aliphatic heterocycles. The molecular formula is C11H15F3N2O4. The zero-order chi connectivity index (χ0) is 15.0. The van der Waals surface area contributed by atoms with Gasteiger partial charge in [-0.1, -0.05) is 0 Å². The van der Waals surface area contributed by atoms with Gasteiger partial charge in [0.1, 0.15) is 5.54 Å². The third-order valence-corrected chi connectivity index (χ3v) is 3.52. The van der Waals surface area contributed by atoms with Crippen LogP contribution in [0.15, 0.2) is 0 Å². The third-order valence-electron chi connectivity index (χ3n) is 3.52. The van der Waals surface area contributed by atoms with Crippen molar-refractivity contribution >= 4 is 12.0 Å². The van der Waals surface area contributed by atoms with E-state index in [9.17, 15) is 22.8 Å². The first-order valence-electron chi connectivity index (χ1n) is 6.24. The van der Waals surface area contributed by atoms with Crippen LogP contribution in [0.1, 0.15) is 25.7 Å². The standard InChI is InChI=1S/C11H15F3N2O4/c12-11(13,14)10(3-4-10)16-9(19)15-5-6-1-2-7(20-6)8(17)18/h6-7H,1-5H2,(H,17,18)(H2,15,16,19). The topological polar surface area (TPSA) is 87.7 Å². The van der Waals surface area contributed by atoms with Crippen molar-refractivity contribution in [1.82, 2.24) is 10.6 Å². The SMILES string of the molecule is O=C(NCC1CCC(C(=O)O)O1)NC1(C(F)(F)F)CC1. The van der Waals surface area contributed by atoms with Crippen molar-refractivity contribution in [3.63, 3.8) is 0 Å². The van der Waals surface area contributed by atoms with Crippen LogP contribution in [-0.2, 0) is 9.53 Å². The summed E-state index contributed by atoms with van der Waals surface area (Å²) in [7, 11) is 0. The summed E-state index contributed by atoms with van der Waals surface area (Å²) in [6, 6.07) is -0.915. The number of halogens is 3. The van der Waals surface area contributed by atoms with E-state index >= 15 is 0 Å². The highest BCUT2D eigenvalue weighted by Crippen LogP contribution is 2.48. The zero-order valence-corrected chi connectivity index (χ0v) is 10.5. The van der Waals surface area contributed by atoms with E-state index in [4.69, 9.17) is 9.84 Å². The third kappa shape index (κ3) is 3.14. The Bertz CT molecular complexity index is 409. The Balaban J connectivity index is 1.73. The molecule has 1 heterocycles. The molecule has 2 unspecified atom stereocenters. The molecule has 2 fully saturated rings. The number of carboxylic acid groups (broad SMARTS) is 1. The predicted octanol–water partition coefficient (Wildman–Crippen LogP) is 1.01. The summed E-state index contributed by atoms with van der Waals surface area (Å²) < 4.78 is 42.9. The number of aliphatic carboxylic acids is 1. The van der Waals surface area contributed by atoms with E-state index in [0.29, 0.717) is 12.8 Å². The van der Waals surface area contributed by atoms with Crippen molar-refractivity contribution in [3.05, 3.63) is 0 Å². The second-order valence-electron chi connectivity index (χ2n) is 5.08. The number of alkyl halides is 3. The molecular weight excluding hydrogens is 281 g/mol. The van der Waals surface area contributed by atoms with Gasteiger partial charge in [0.05, 0.1) is 6.10 Å². The summed E-state index contributed by atoms with van der Waals surface area (Å²) in [5, 5.41) is 12.9. The van der Waals surface area contributed by atoms with E-state index in [1.54, 1.807) is 0 Å². The summed E-state index contributed by atoms with van der Waals surface area (Å²) in [4.78, 5) is 22.1. The molecule has 1 aliphatic carbocycles. The van der Waals surface area contributed by atoms with Gasteiger partial charge in [-0.2, -0.15) is 13.2 Å². The Morgan fingerprint density at radius 1 is 1.30 bits per heavy atom. The predicted molar refractivity (Wildman–Crippen MR) is 60.1 cm³/mol. The number of carbonyl (C=O) groups is 2. The highest BCUT2D eigenvalue weighted by Gasteiger charge is 2.64. The molecule has 6 nitrogen and oxygen atoms in total. The largest absolute Gasteiger partial charge is 0.479 e. The Morgan fingerprint density at radius 3 is 2.40 bits per heavy atom.